The number of hydrogen-bond acceptors (Lipinski definition) is 4. The highest BCUT2D eigenvalue weighted by Crippen LogP contribution is 2.30. The highest BCUT2D eigenvalue weighted by Gasteiger charge is 2.11. The number of hydrogen-bond donors (Lipinski definition) is 1. The molecule has 1 aromatic carbocycles. The molecule has 0 aliphatic heterocycles. The summed E-state index contributed by atoms with van der Waals surface area (Å²) < 4.78 is 10.4. The van der Waals surface area contributed by atoms with Crippen LogP contribution >= 0.6 is 0 Å². The van der Waals surface area contributed by atoms with E-state index in [1.165, 1.54) is 5.56 Å². The van der Waals surface area contributed by atoms with Gasteiger partial charge in [-0.2, -0.15) is 0 Å². The van der Waals surface area contributed by atoms with E-state index in [4.69, 9.17) is 15.0 Å². The maximum absolute atomic E-state index is 5.50. The average molecular weight is 232 g/mol. The van der Waals surface area contributed by atoms with E-state index in [9.17, 15) is 0 Å². The molecule has 0 atom stereocenters. The zero-order valence-electron chi connectivity index (χ0n) is 10.1. The molecule has 1 aromatic heterocycles. The molecule has 4 nitrogen and oxygen atoms in total. The first kappa shape index (κ1) is 11.7. The Morgan fingerprint density at radius 2 is 2.18 bits per heavy atom. The monoisotopic (exact) mass is 232 g/mol. The molecule has 2 aromatic rings. The molecule has 1 heterocycles. The Morgan fingerprint density at radius 3 is 2.76 bits per heavy atom. The largest absolute Gasteiger partial charge is 0.496 e. The number of ether oxygens (including phenoxy) is 1. The summed E-state index contributed by atoms with van der Waals surface area (Å²) in [5.41, 5.74) is 8.44. The van der Waals surface area contributed by atoms with Crippen LogP contribution in [0.15, 0.2) is 28.8 Å². The van der Waals surface area contributed by atoms with E-state index in [2.05, 4.69) is 18.1 Å². The maximum Gasteiger partial charge on any atom is 0.150 e. The fourth-order valence-corrected chi connectivity index (χ4v) is 1.71. The molecule has 0 aliphatic rings. The minimum atomic E-state index is 0.350. The third-order valence-corrected chi connectivity index (χ3v) is 2.71. The Labute approximate surface area is 100 Å². The maximum atomic E-state index is 5.50. The van der Waals surface area contributed by atoms with Gasteiger partial charge in [0.15, 0.2) is 5.76 Å². The van der Waals surface area contributed by atoms with Crippen molar-refractivity contribution >= 4 is 0 Å². The van der Waals surface area contributed by atoms with Crippen molar-refractivity contribution in [1.29, 1.82) is 0 Å². The average Bonchev–Trinajstić information content (AvgIpc) is 2.86. The van der Waals surface area contributed by atoms with Gasteiger partial charge in [-0.05, 0) is 24.1 Å². The summed E-state index contributed by atoms with van der Waals surface area (Å²) in [6, 6.07) is 7.91. The molecule has 4 heteroatoms. The quantitative estimate of drug-likeness (QED) is 0.879. The van der Waals surface area contributed by atoms with Crippen molar-refractivity contribution in [2.75, 3.05) is 7.11 Å². The number of aromatic nitrogens is 1. The minimum Gasteiger partial charge on any atom is -0.496 e. The molecule has 0 saturated carbocycles. The van der Waals surface area contributed by atoms with E-state index in [-0.39, 0.29) is 0 Å². The number of nitrogens with two attached hydrogens (primary N) is 1. The van der Waals surface area contributed by atoms with E-state index in [0.717, 1.165) is 23.4 Å². The number of aryl methyl sites for hydroxylation is 1. The van der Waals surface area contributed by atoms with Crippen molar-refractivity contribution in [3.05, 3.63) is 35.6 Å². The van der Waals surface area contributed by atoms with Crippen molar-refractivity contribution in [2.24, 2.45) is 5.73 Å². The Bertz CT molecular complexity index is 506. The van der Waals surface area contributed by atoms with Gasteiger partial charge in [0.2, 0.25) is 0 Å². The van der Waals surface area contributed by atoms with E-state index < -0.39 is 0 Å². The van der Waals surface area contributed by atoms with Crippen LogP contribution in [0.5, 0.6) is 5.75 Å². The zero-order valence-corrected chi connectivity index (χ0v) is 10.1. The molecule has 0 saturated heterocycles. The fourth-order valence-electron chi connectivity index (χ4n) is 1.71. The third kappa shape index (κ3) is 2.31. The predicted molar refractivity (Wildman–Crippen MR) is 65.8 cm³/mol. The first-order valence-corrected chi connectivity index (χ1v) is 5.61. The van der Waals surface area contributed by atoms with E-state index in [1.807, 2.05) is 18.2 Å². The Morgan fingerprint density at radius 1 is 1.35 bits per heavy atom. The number of methoxy groups -OCH3 is 1. The van der Waals surface area contributed by atoms with E-state index in [0.29, 0.717) is 12.3 Å². The number of nitrogens with zero attached hydrogens (tertiary/aromatic N) is 1. The van der Waals surface area contributed by atoms with Crippen molar-refractivity contribution < 1.29 is 9.26 Å². The van der Waals surface area contributed by atoms with Gasteiger partial charge in [0.05, 0.1) is 13.7 Å². The van der Waals surface area contributed by atoms with E-state index in [1.54, 1.807) is 7.11 Å². The second-order valence-corrected chi connectivity index (χ2v) is 3.77. The van der Waals surface area contributed by atoms with Crippen molar-refractivity contribution in [1.82, 2.24) is 5.16 Å². The molecule has 0 radical (unpaired) electrons. The first-order valence-electron chi connectivity index (χ1n) is 5.61. The molecule has 0 spiro atoms. The van der Waals surface area contributed by atoms with Gasteiger partial charge >= 0.3 is 0 Å². The molecule has 17 heavy (non-hydrogen) atoms. The van der Waals surface area contributed by atoms with E-state index >= 15 is 0 Å². The molecule has 0 fully saturated rings. The summed E-state index contributed by atoms with van der Waals surface area (Å²) >= 11 is 0. The molecular weight excluding hydrogens is 216 g/mol. The first-order chi connectivity index (χ1) is 8.28. The van der Waals surface area contributed by atoms with Crippen LogP contribution in [0.25, 0.3) is 11.3 Å². The molecule has 90 valence electrons. The summed E-state index contributed by atoms with van der Waals surface area (Å²) in [7, 11) is 1.65. The molecular formula is C13H16N2O2. The normalized spacial score (nSPS) is 10.5. The van der Waals surface area contributed by atoms with Gasteiger partial charge < -0.3 is 15.0 Å². The summed E-state index contributed by atoms with van der Waals surface area (Å²) in [6.07, 6.45) is 0.971. The van der Waals surface area contributed by atoms with Crippen molar-refractivity contribution in [3.8, 4) is 17.0 Å². The van der Waals surface area contributed by atoms with Crippen LogP contribution < -0.4 is 10.5 Å². The second kappa shape index (κ2) is 5.01. The van der Waals surface area contributed by atoms with Crippen LogP contribution in [0.1, 0.15) is 18.2 Å². The van der Waals surface area contributed by atoms with Crippen LogP contribution in [-0.4, -0.2) is 12.3 Å². The van der Waals surface area contributed by atoms with Crippen molar-refractivity contribution in [3.63, 3.8) is 0 Å². The molecule has 0 aliphatic carbocycles. The van der Waals surface area contributed by atoms with Crippen LogP contribution in [-0.2, 0) is 13.0 Å². The van der Waals surface area contributed by atoms with Gasteiger partial charge in [0, 0.05) is 11.6 Å². The van der Waals surface area contributed by atoms with Gasteiger partial charge in [-0.15, -0.1) is 0 Å². The number of rotatable bonds is 4. The molecule has 0 amide bonds. The van der Waals surface area contributed by atoms with Gasteiger partial charge in [-0.25, -0.2) is 0 Å². The topological polar surface area (TPSA) is 61.3 Å². The lowest BCUT2D eigenvalue weighted by molar-refractivity contribution is 0.385. The standard InChI is InChI=1S/C13H16N2O2/c1-3-9-4-5-13(16-2)11(6-9)12-7-10(8-14)17-15-12/h4-7H,3,8,14H2,1-2H3. The summed E-state index contributed by atoms with van der Waals surface area (Å²) in [4.78, 5) is 0. The van der Waals surface area contributed by atoms with Crippen LogP contribution in [0.4, 0.5) is 0 Å². The Balaban J connectivity index is 2.47. The third-order valence-electron chi connectivity index (χ3n) is 2.71. The van der Waals surface area contributed by atoms with Crippen LogP contribution in [0.2, 0.25) is 0 Å². The molecule has 0 unspecified atom stereocenters. The Kier molecular flexibility index (Phi) is 3.44. The molecule has 2 N–H and O–H groups in total. The number of benzene rings is 1. The summed E-state index contributed by atoms with van der Waals surface area (Å²) in [5, 5.41) is 4.01. The summed E-state index contributed by atoms with van der Waals surface area (Å²) in [5.74, 6) is 1.46. The predicted octanol–water partition coefficient (Wildman–Crippen LogP) is 2.37. The van der Waals surface area contributed by atoms with Gasteiger partial charge in [0.25, 0.3) is 0 Å². The van der Waals surface area contributed by atoms with Gasteiger partial charge in [-0.1, -0.05) is 18.1 Å². The highest BCUT2D eigenvalue weighted by molar-refractivity contribution is 5.68. The van der Waals surface area contributed by atoms with Gasteiger partial charge in [0.1, 0.15) is 11.4 Å². The zero-order chi connectivity index (χ0) is 12.3. The Hall–Kier alpha value is -1.81. The minimum absolute atomic E-state index is 0.350. The lowest BCUT2D eigenvalue weighted by Crippen LogP contribution is -1.93. The fraction of sp³-hybridized carbons (Fsp3) is 0.308. The lowest BCUT2D eigenvalue weighted by atomic mass is 10.1. The molecule has 0 bridgehead atoms. The molecule has 2 rings (SSSR count). The highest BCUT2D eigenvalue weighted by atomic mass is 16.5. The lowest BCUT2D eigenvalue weighted by Gasteiger charge is -2.07. The SMILES string of the molecule is CCc1ccc(OC)c(-c2cc(CN)on2)c1. The van der Waals surface area contributed by atoms with Gasteiger partial charge in [-0.3, -0.25) is 0 Å². The smallest absolute Gasteiger partial charge is 0.150 e. The summed E-state index contributed by atoms with van der Waals surface area (Å²) in [6.45, 7) is 2.46. The van der Waals surface area contributed by atoms with Crippen LogP contribution in [0.3, 0.4) is 0 Å². The van der Waals surface area contributed by atoms with Crippen molar-refractivity contribution in [2.45, 2.75) is 19.9 Å². The van der Waals surface area contributed by atoms with Crippen LogP contribution in [0, 0.1) is 0 Å². The second-order valence-electron chi connectivity index (χ2n) is 3.77.